The molecule has 0 aromatic heterocycles. The Bertz CT molecular complexity index is 300. The first-order chi connectivity index (χ1) is 8.47. The Morgan fingerprint density at radius 2 is 2.22 bits per heavy atom. The second kappa shape index (κ2) is 6.58. The summed E-state index contributed by atoms with van der Waals surface area (Å²) in [4.78, 5) is 22.7. The molecular weight excluding hydrogens is 236 g/mol. The minimum Gasteiger partial charge on any atom is -0.480 e. The summed E-state index contributed by atoms with van der Waals surface area (Å²) in [7, 11) is 0. The molecule has 0 aromatic rings. The highest BCUT2D eigenvalue weighted by Gasteiger charge is 2.32. The van der Waals surface area contributed by atoms with Gasteiger partial charge in [-0.1, -0.05) is 19.8 Å². The van der Waals surface area contributed by atoms with Crippen LogP contribution in [-0.2, 0) is 9.53 Å². The lowest BCUT2D eigenvalue weighted by atomic mass is 10.0. The molecule has 104 valence electrons. The molecule has 3 N–H and O–H groups in total. The number of carboxylic acids is 1. The molecule has 1 heterocycles. The van der Waals surface area contributed by atoms with Crippen molar-refractivity contribution in [2.75, 3.05) is 13.2 Å². The van der Waals surface area contributed by atoms with Gasteiger partial charge >= 0.3 is 12.0 Å². The molecular formula is C12H22N2O4. The van der Waals surface area contributed by atoms with E-state index in [1.165, 1.54) is 0 Å². The summed E-state index contributed by atoms with van der Waals surface area (Å²) in [6, 6.07) is -1.26. The maximum atomic E-state index is 11.7. The summed E-state index contributed by atoms with van der Waals surface area (Å²) >= 11 is 0. The third-order valence-corrected chi connectivity index (χ3v) is 3.08. The second-order valence-electron chi connectivity index (χ2n) is 4.99. The van der Waals surface area contributed by atoms with Crippen LogP contribution >= 0.6 is 0 Å². The third-order valence-electron chi connectivity index (χ3n) is 3.08. The van der Waals surface area contributed by atoms with Crippen LogP contribution in [0.1, 0.15) is 39.5 Å². The average Bonchev–Trinajstić information content (AvgIpc) is 2.70. The van der Waals surface area contributed by atoms with Crippen LogP contribution in [0.2, 0.25) is 0 Å². The standard InChI is InChI=1S/C12H22N2O4/c1-3-4-5-9(10(15)16)13-11(17)14-12(2)6-7-18-8-12/h9H,3-8H2,1-2H3,(H,15,16)(H2,13,14,17). The Labute approximate surface area is 107 Å². The van der Waals surface area contributed by atoms with E-state index in [0.717, 1.165) is 19.3 Å². The molecule has 0 aliphatic carbocycles. The normalized spacial score (nSPS) is 24.6. The number of ether oxygens (including phenoxy) is 1. The molecule has 0 bridgehead atoms. The summed E-state index contributed by atoms with van der Waals surface area (Å²) in [5.41, 5.74) is -0.391. The van der Waals surface area contributed by atoms with Gasteiger partial charge in [0.2, 0.25) is 0 Å². The van der Waals surface area contributed by atoms with E-state index >= 15 is 0 Å². The smallest absolute Gasteiger partial charge is 0.326 e. The number of rotatable bonds is 6. The number of nitrogens with one attached hydrogen (secondary N) is 2. The zero-order valence-electron chi connectivity index (χ0n) is 11.0. The lowest BCUT2D eigenvalue weighted by Gasteiger charge is -2.25. The van der Waals surface area contributed by atoms with E-state index in [-0.39, 0.29) is 0 Å². The van der Waals surface area contributed by atoms with E-state index in [2.05, 4.69) is 10.6 Å². The molecule has 1 rings (SSSR count). The van der Waals surface area contributed by atoms with Crippen molar-refractivity contribution < 1.29 is 19.4 Å². The molecule has 1 fully saturated rings. The van der Waals surface area contributed by atoms with Gasteiger partial charge in [-0.3, -0.25) is 0 Å². The van der Waals surface area contributed by atoms with E-state index in [9.17, 15) is 9.59 Å². The fraction of sp³-hybridized carbons (Fsp3) is 0.833. The first kappa shape index (κ1) is 14.8. The zero-order chi connectivity index (χ0) is 13.6. The molecule has 0 radical (unpaired) electrons. The predicted octanol–water partition coefficient (Wildman–Crippen LogP) is 1.11. The number of hydrogen-bond acceptors (Lipinski definition) is 3. The number of carbonyl (C=O) groups is 2. The van der Waals surface area contributed by atoms with Crippen molar-refractivity contribution in [3.05, 3.63) is 0 Å². The van der Waals surface area contributed by atoms with E-state index in [0.29, 0.717) is 19.6 Å². The van der Waals surface area contributed by atoms with Gasteiger partial charge in [-0.2, -0.15) is 0 Å². The molecule has 6 heteroatoms. The topological polar surface area (TPSA) is 87.7 Å². The molecule has 0 aromatic carbocycles. The minimum atomic E-state index is -0.994. The van der Waals surface area contributed by atoms with Crippen molar-refractivity contribution in [1.82, 2.24) is 10.6 Å². The summed E-state index contributed by atoms with van der Waals surface area (Å²) in [5.74, 6) is -0.994. The molecule has 1 saturated heterocycles. The summed E-state index contributed by atoms with van der Waals surface area (Å²) in [6.07, 6.45) is 2.87. The Balaban J connectivity index is 2.43. The minimum absolute atomic E-state index is 0.391. The second-order valence-corrected chi connectivity index (χ2v) is 4.99. The van der Waals surface area contributed by atoms with E-state index in [4.69, 9.17) is 9.84 Å². The van der Waals surface area contributed by atoms with Crippen LogP contribution in [0.5, 0.6) is 0 Å². The molecule has 6 nitrogen and oxygen atoms in total. The highest BCUT2D eigenvalue weighted by Crippen LogP contribution is 2.17. The van der Waals surface area contributed by atoms with Gasteiger partial charge in [0.1, 0.15) is 6.04 Å². The molecule has 2 amide bonds. The lowest BCUT2D eigenvalue weighted by molar-refractivity contribution is -0.139. The molecule has 2 unspecified atom stereocenters. The Hall–Kier alpha value is -1.30. The summed E-state index contributed by atoms with van der Waals surface area (Å²) in [6.45, 7) is 4.96. The van der Waals surface area contributed by atoms with Crippen molar-refractivity contribution in [2.45, 2.75) is 51.1 Å². The first-order valence-electron chi connectivity index (χ1n) is 6.36. The average molecular weight is 258 g/mol. The van der Waals surface area contributed by atoms with Crippen LogP contribution in [-0.4, -0.2) is 41.9 Å². The third kappa shape index (κ3) is 4.52. The molecule has 2 atom stereocenters. The van der Waals surface area contributed by atoms with Gasteiger partial charge in [0, 0.05) is 6.61 Å². The van der Waals surface area contributed by atoms with Crippen molar-refractivity contribution in [3.8, 4) is 0 Å². The van der Waals surface area contributed by atoms with Gasteiger partial charge in [0.05, 0.1) is 12.1 Å². The van der Waals surface area contributed by atoms with E-state index < -0.39 is 23.6 Å². The van der Waals surface area contributed by atoms with Crippen molar-refractivity contribution >= 4 is 12.0 Å². The van der Waals surface area contributed by atoms with Crippen LogP contribution in [0.15, 0.2) is 0 Å². The Kier molecular flexibility index (Phi) is 5.40. The Morgan fingerprint density at radius 1 is 1.50 bits per heavy atom. The van der Waals surface area contributed by atoms with Gasteiger partial charge in [0.25, 0.3) is 0 Å². The van der Waals surface area contributed by atoms with E-state index in [1.54, 1.807) is 0 Å². The van der Waals surface area contributed by atoms with Crippen molar-refractivity contribution in [2.24, 2.45) is 0 Å². The van der Waals surface area contributed by atoms with E-state index in [1.807, 2.05) is 13.8 Å². The number of hydrogen-bond donors (Lipinski definition) is 3. The largest absolute Gasteiger partial charge is 0.480 e. The number of carbonyl (C=O) groups excluding carboxylic acids is 1. The number of carboxylic acid groups (broad SMARTS) is 1. The number of unbranched alkanes of at least 4 members (excludes halogenated alkanes) is 1. The van der Waals surface area contributed by atoms with Crippen molar-refractivity contribution in [1.29, 1.82) is 0 Å². The molecule has 0 saturated carbocycles. The van der Waals surface area contributed by atoms with Crippen LogP contribution in [0.25, 0.3) is 0 Å². The molecule has 1 aliphatic heterocycles. The van der Waals surface area contributed by atoms with Gasteiger partial charge in [-0.15, -0.1) is 0 Å². The van der Waals surface area contributed by atoms with Crippen molar-refractivity contribution in [3.63, 3.8) is 0 Å². The number of amides is 2. The summed E-state index contributed by atoms with van der Waals surface area (Å²) < 4.78 is 5.22. The molecule has 1 aliphatic rings. The highest BCUT2D eigenvalue weighted by molar-refractivity contribution is 5.82. The lowest BCUT2D eigenvalue weighted by Crippen LogP contribution is -2.54. The van der Waals surface area contributed by atoms with Gasteiger partial charge in [0.15, 0.2) is 0 Å². The zero-order valence-corrected chi connectivity index (χ0v) is 11.0. The fourth-order valence-corrected chi connectivity index (χ4v) is 1.90. The molecule has 18 heavy (non-hydrogen) atoms. The quantitative estimate of drug-likeness (QED) is 0.666. The van der Waals surface area contributed by atoms with Gasteiger partial charge < -0.3 is 20.5 Å². The highest BCUT2D eigenvalue weighted by atomic mass is 16.5. The monoisotopic (exact) mass is 258 g/mol. The van der Waals surface area contributed by atoms with Gasteiger partial charge in [-0.25, -0.2) is 9.59 Å². The van der Waals surface area contributed by atoms with Crippen LogP contribution in [0.4, 0.5) is 4.79 Å². The summed E-state index contributed by atoms with van der Waals surface area (Å²) in [5, 5.41) is 14.3. The van der Waals surface area contributed by atoms with Gasteiger partial charge in [-0.05, 0) is 19.8 Å². The number of aliphatic carboxylic acids is 1. The number of urea groups is 1. The molecule has 0 spiro atoms. The fourth-order valence-electron chi connectivity index (χ4n) is 1.90. The predicted molar refractivity (Wildman–Crippen MR) is 66.5 cm³/mol. The van der Waals surface area contributed by atoms with Crippen LogP contribution < -0.4 is 10.6 Å². The van der Waals surface area contributed by atoms with Crippen LogP contribution in [0, 0.1) is 0 Å². The maximum Gasteiger partial charge on any atom is 0.326 e. The van der Waals surface area contributed by atoms with Crippen LogP contribution in [0.3, 0.4) is 0 Å². The first-order valence-corrected chi connectivity index (χ1v) is 6.36. The SMILES string of the molecule is CCCCC(NC(=O)NC1(C)CCOC1)C(=O)O. The Morgan fingerprint density at radius 3 is 2.72 bits per heavy atom. The maximum absolute atomic E-state index is 11.7.